The molecule has 0 bridgehead atoms. The SMILES string of the molecule is CC/C=C\C/C=C\C/C=C\C/C=C\C/C=C\C/C=C\C/C=C\CCCC(=O)OC(CO)COCCCCCCCCCCCCCCCCCCCCCCCCCCC. The molecule has 0 aliphatic carbocycles. The molecule has 0 aromatic carbocycles. The van der Waals surface area contributed by atoms with Gasteiger partial charge < -0.3 is 14.6 Å². The Hall–Kier alpha value is -2.43. The first-order valence-electron chi connectivity index (χ1n) is 25.7. The summed E-state index contributed by atoms with van der Waals surface area (Å²) in [5.41, 5.74) is 0. The number of unbranched alkanes of at least 4 members (excludes halogenated alkanes) is 25. The number of carbonyl (C=O) groups excluding carboxylic acids is 1. The Morgan fingerprint density at radius 2 is 0.733 bits per heavy atom. The minimum Gasteiger partial charge on any atom is -0.457 e. The van der Waals surface area contributed by atoms with Crippen LogP contribution in [0.4, 0.5) is 0 Å². The van der Waals surface area contributed by atoms with Gasteiger partial charge >= 0.3 is 5.97 Å². The minimum atomic E-state index is -0.569. The fourth-order valence-electron chi connectivity index (χ4n) is 7.20. The van der Waals surface area contributed by atoms with Crippen molar-refractivity contribution >= 4 is 5.97 Å². The number of esters is 1. The maximum atomic E-state index is 12.2. The molecule has 1 N–H and O–H groups in total. The number of hydrogen-bond acceptors (Lipinski definition) is 4. The highest BCUT2D eigenvalue weighted by molar-refractivity contribution is 5.69. The highest BCUT2D eigenvalue weighted by atomic mass is 16.6. The summed E-state index contributed by atoms with van der Waals surface area (Å²) in [7, 11) is 0. The smallest absolute Gasteiger partial charge is 0.306 e. The van der Waals surface area contributed by atoms with Crippen LogP contribution in [-0.2, 0) is 14.3 Å². The molecule has 0 aromatic rings. The van der Waals surface area contributed by atoms with Gasteiger partial charge in [0, 0.05) is 13.0 Å². The van der Waals surface area contributed by atoms with Gasteiger partial charge in [0.1, 0.15) is 6.10 Å². The Morgan fingerprint density at radius 1 is 0.417 bits per heavy atom. The first-order valence-corrected chi connectivity index (χ1v) is 25.7. The zero-order valence-electron chi connectivity index (χ0n) is 39.7. The zero-order chi connectivity index (χ0) is 43.3. The van der Waals surface area contributed by atoms with Gasteiger partial charge in [0.2, 0.25) is 0 Å². The van der Waals surface area contributed by atoms with Crippen LogP contribution in [0.5, 0.6) is 0 Å². The second-order valence-corrected chi connectivity index (χ2v) is 16.9. The third-order valence-corrected chi connectivity index (χ3v) is 11.0. The van der Waals surface area contributed by atoms with Crippen molar-refractivity contribution in [2.75, 3.05) is 19.8 Å². The van der Waals surface area contributed by atoms with Crippen LogP contribution in [-0.4, -0.2) is 37.0 Å². The van der Waals surface area contributed by atoms with Gasteiger partial charge in [-0.3, -0.25) is 4.79 Å². The highest BCUT2D eigenvalue weighted by Gasteiger charge is 2.13. The molecule has 1 atom stereocenters. The summed E-state index contributed by atoms with van der Waals surface area (Å²) >= 11 is 0. The van der Waals surface area contributed by atoms with E-state index >= 15 is 0 Å². The van der Waals surface area contributed by atoms with E-state index in [1.807, 2.05) is 0 Å². The maximum absolute atomic E-state index is 12.2. The molecule has 0 spiro atoms. The minimum absolute atomic E-state index is 0.197. The van der Waals surface area contributed by atoms with E-state index in [2.05, 4.69) is 98.9 Å². The van der Waals surface area contributed by atoms with Gasteiger partial charge in [0.25, 0.3) is 0 Å². The Labute approximate surface area is 373 Å². The molecule has 0 aromatic heterocycles. The summed E-state index contributed by atoms with van der Waals surface area (Å²) in [5.74, 6) is -0.256. The van der Waals surface area contributed by atoms with Gasteiger partial charge in [0.05, 0.1) is 13.2 Å². The molecule has 0 aliphatic heterocycles. The van der Waals surface area contributed by atoms with E-state index in [1.54, 1.807) is 0 Å². The summed E-state index contributed by atoms with van der Waals surface area (Å²) in [6.45, 7) is 5.19. The van der Waals surface area contributed by atoms with E-state index in [0.717, 1.165) is 64.2 Å². The van der Waals surface area contributed by atoms with Crippen LogP contribution >= 0.6 is 0 Å². The standard InChI is InChI=1S/C56H98O4/c1-3-5-7-9-11-13-15-17-19-21-23-25-27-28-30-32-34-36-38-40-42-44-46-48-50-52-59-54-55(53-57)60-56(58)51-49-47-45-43-41-39-37-35-33-31-29-26-24-22-20-18-16-14-12-10-8-6-4-2/h6,8,12,14,18,20,24,26,31,33,37,39,43,45,55,57H,3-5,7,9-11,13,15-17,19,21-23,25,27-30,32,34-36,38,40-42,44,46-54H2,1-2H3/b8-6-,14-12-,20-18-,26-24-,33-31-,39-37-,45-43-. The van der Waals surface area contributed by atoms with Crippen LogP contribution in [0.25, 0.3) is 0 Å². The second-order valence-electron chi connectivity index (χ2n) is 16.9. The average Bonchev–Trinajstić information content (AvgIpc) is 3.25. The van der Waals surface area contributed by atoms with Crippen LogP contribution < -0.4 is 0 Å². The molecule has 1 unspecified atom stereocenters. The number of allylic oxidation sites excluding steroid dienone is 14. The normalized spacial score (nSPS) is 13.1. The Kier molecular flexibility index (Phi) is 50.6. The van der Waals surface area contributed by atoms with Crippen molar-refractivity contribution in [1.82, 2.24) is 0 Å². The lowest BCUT2D eigenvalue weighted by molar-refractivity contribution is -0.154. The summed E-state index contributed by atoms with van der Waals surface area (Å²) < 4.78 is 11.2. The molecule has 346 valence electrons. The van der Waals surface area contributed by atoms with Gasteiger partial charge in [-0.15, -0.1) is 0 Å². The number of aliphatic hydroxyl groups is 1. The molecule has 0 aliphatic rings. The van der Waals surface area contributed by atoms with E-state index in [0.29, 0.717) is 13.0 Å². The Balaban J connectivity index is 3.50. The highest BCUT2D eigenvalue weighted by Crippen LogP contribution is 2.16. The molecule has 0 saturated carbocycles. The van der Waals surface area contributed by atoms with Crippen LogP contribution in [0, 0.1) is 0 Å². The van der Waals surface area contributed by atoms with Gasteiger partial charge in [0.15, 0.2) is 0 Å². The van der Waals surface area contributed by atoms with E-state index in [9.17, 15) is 9.90 Å². The van der Waals surface area contributed by atoms with Crippen LogP contribution in [0.3, 0.4) is 0 Å². The van der Waals surface area contributed by atoms with E-state index < -0.39 is 6.10 Å². The molecule has 0 heterocycles. The monoisotopic (exact) mass is 835 g/mol. The lowest BCUT2D eigenvalue weighted by Crippen LogP contribution is -2.27. The summed E-state index contributed by atoms with van der Waals surface area (Å²) in [5, 5.41) is 9.64. The number of aliphatic hydroxyl groups excluding tert-OH is 1. The number of hydrogen-bond donors (Lipinski definition) is 1. The quantitative estimate of drug-likeness (QED) is 0.0377. The third-order valence-electron chi connectivity index (χ3n) is 11.0. The van der Waals surface area contributed by atoms with Crippen LogP contribution in [0.2, 0.25) is 0 Å². The molecule has 0 rings (SSSR count). The molecule has 60 heavy (non-hydrogen) atoms. The lowest BCUT2D eigenvalue weighted by atomic mass is 10.0. The van der Waals surface area contributed by atoms with Crippen molar-refractivity contribution in [2.24, 2.45) is 0 Å². The fraction of sp³-hybridized carbons (Fsp3) is 0.732. The molecule has 4 nitrogen and oxygen atoms in total. The van der Waals surface area contributed by atoms with Crippen molar-refractivity contribution in [3.05, 3.63) is 85.1 Å². The van der Waals surface area contributed by atoms with Crippen molar-refractivity contribution in [3.8, 4) is 0 Å². The largest absolute Gasteiger partial charge is 0.457 e. The summed E-state index contributed by atoms with van der Waals surface area (Å²) in [6.07, 6.45) is 74.0. The van der Waals surface area contributed by atoms with Gasteiger partial charge in [-0.05, 0) is 64.2 Å². The zero-order valence-corrected chi connectivity index (χ0v) is 39.7. The molecule has 0 fully saturated rings. The molecule has 4 heteroatoms. The van der Waals surface area contributed by atoms with Gasteiger partial charge in [-0.25, -0.2) is 0 Å². The van der Waals surface area contributed by atoms with Crippen LogP contribution in [0.15, 0.2) is 85.1 Å². The average molecular weight is 835 g/mol. The molecule has 0 radical (unpaired) electrons. The summed E-state index contributed by atoms with van der Waals surface area (Å²) in [6, 6.07) is 0. The maximum Gasteiger partial charge on any atom is 0.306 e. The molecular weight excluding hydrogens is 737 g/mol. The van der Waals surface area contributed by atoms with Gasteiger partial charge in [-0.1, -0.05) is 253 Å². The first kappa shape index (κ1) is 57.6. The molecule has 0 amide bonds. The summed E-state index contributed by atoms with van der Waals surface area (Å²) in [4.78, 5) is 12.2. The van der Waals surface area contributed by atoms with E-state index in [4.69, 9.17) is 9.47 Å². The molecule has 0 saturated heterocycles. The van der Waals surface area contributed by atoms with E-state index in [1.165, 1.54) is 154 Å². The van der Waals surface area contributed by atoms with Crippen molar-refractivity contribution in [3.63, 3.8) is 0 Å². The number of ether oxygens (including phenoxy) is 2. The Bertz CT molecular complexity index is 1060. The van der Waals surface area contributed by atoms with Crippen molar-refractivity contribution in [2.45, 2.75) is 245 Å². The van der Waals surface area contributed by atoms with Crippen molar-refractivity contribution in [1.29, 1.82) is 0 Å². The van der Waals surface area contributed by atoms with Gasteiger partial charge in [-0.2, -0.15) is 0 Å². The topological polar surface area (TPSA) is 55.8 Å². The second kappa shape index (κ2) is 52.7. The van der Waals surface area contributed by atoms with E-state index in [-0.39, 0.29) is 19.2 Å². The number of carbonyl (C=O) groups is 1. The third kappa shape index (κ3) is 49.9. The predicted octanol–water partition coefficient (Wildman–Crippen LogP) is 17.5. The molecular formula is C56H98O4. The lowest BCUT2D eigenvalue weighted by Gasteiger charge is -2.15. The first-order chi connectivity index (χ1) is 29.7. The number of rotatable bonds is 47. The predicted molar refractivity (Wildman–Crippen MR) is 265 cm³/mol. The fourth-order valence-corrected chi connectivity index (χ4v) is 7.20. The Morgan fingerprint density at radius 3 is 1.07 bits per heavy atom. The van der Waals surface area contributed by atoms with Crippen molar-refractivity contribution < 1.29 is 19.4 Å². The van der Waals surface area contributed by atoms with Crippen LogP contribution in [0.1, 0.15) is 239 Å².